The Morgan fingerprint density at radius 3 is 2.90 bits per heavy atom. The van der Waals surface area contributed by atoms with Crippen LogP contribution in [-0.4, -0.2) is 39.1 Å². The molecule has 1 atom stereocenters. The number of hydrogen-bond donors (Lipinski definition) is 1. The summed E-state index contributed by atoms with van der Waals surface area (Å²) in [6, 6.07) is 6.15. The highest BCUT2D eigenvalue weighted by Crippen LogP contribution is 2.25. The minimum absolute atomic E-state index is 0.0882. The number of aromatic nitrogens is 2. The number of nitrogens with one attached hydrogen (secondary N) is 1. The van der Waals surface area contributed by atoms with Crippen LogP contribution in [-0.2, 0) is 4.79 Å². The van der Waals surface area contributed by atoms with Crippen molar-refractivity contribution in [3.63, 3.8) is 0 Å². The van der Waals surface area contributed by atoms with E-state index in [1.807, 2.05) is 17.9 Å². The van der Waals surface area contributed by atoms with Gasteiger partial charge in [-0.05, 0) is 44.4 Å². The van der Waals surface area contributed by atoms with Gasteiger partial charge < -0.3 is 9.88 Å². The predicted molar refractivity (Wildman–Crippen MR) is 82.0 cm³/mol. The number of nitrogens with zero attached hydrogens (tertiary/aromatic N) is 2. The van der Waals surface area contributed by atoms with Crippen LogP contribution in [0.1, 0.15) is 25.3 Å². The average molecular weight is 289 g/mol. The van der Waals surface area contributed by atoms with E-state index in [2.05, 4.69) is 29.0 Å². The van der Waals surface area contributed by atoms with E-state index in [4.69, 9.17) is 0 Å². The molecule has 0 bridgehead atoms. The standard InChI is InChI=1S/C15H19N3OS/c1-10-5-6-12-13(9-10)17-15(16-12)20-11(2)14(19)18-7-3-4-8-18/h5-6,9,11H,3-4,7-8H2,1-2H3,(H,16,17)/t11-/m0/s1. The average Bonchev–Trinajstić information content (AvgIpc) is 3.05. The number of carbonyl (C=O) groups excluding carboxylic acids is 1. The number of imidazole rings is 1. The Morgan fingerprint density at radius 2 is 2.15 bits per heavy atom. The summed E-state index contributed by atoms with van der Waals surface area (Å²) in [6.07, 6.45) is 2.26. The van der Waals surface area contributed by atoms with Crippen molar-refractivity contribution in [1.29, 1.82) is 0 Å². The molecule has 1 aromatic heterocycles. The maximum absolute atomic E-state index is 12.3. The van der Waals surface area contributed by atoms with Gasteiger partial charge in [-0.1, -0.05) is 17.8 Å². The smallest absolute Gasteiger partial charge is 0.235 e. The van der Waals surface area contributed by atoms with Crippen molar-refractivity contribution in [2.24, 2.45) is 0 Å². The lowest BCUT2D eigenvalue weighted by Crippen LogP contribution is -2.34. The number of aromatic amines is 1. The number of thioether (sulfide) groups is 1. The number of likely N-dealkylation sites (tertiary alicyclic amines) is 1. The highest BCUT2D eigenvalue weighted by atomic mass is 32.2. The highest BCUT2D eigenvalue weighted by Gasteiger charge is 2.24. The summed E-state index contributed by atoms with van der Waals surface area (Å²) >= 11 is 1.51. The summed E-state index contributed by atoms with van der Waals surface area (Å²) in [5.41, 5.74) is 3.20. The third kappa shape index (κ3) is 2.68. The number of H-pyrrole nitrogens is 1. The Hall–Kier alpha value is -1.49. The lowest BCUT2D eigenvalue weighted by atomic mass is 10.2. The summed E-state index contributed by atoms with van der Waals surface area (Å²) in [7, 11) is 0. The van der Waals surface area contributed by atoms with Crippen LogP contribution in [0.15, 0.2) is 23.4 Å². The fraction of sp³-hybridized carbons (Fsp3) is 0.467. The first-order valence-corrected chi connectivity index (χ1v) is 7.93. The van der Waals surface area contributed by atoms with Gasteiger partial charge >= 0.3 is 0 Å². The second-order valence-electron chi connectivity index (χ2n) is 5.36. The molecule has 1 amide bonds. The molecular weight excluding hydrogens is 270 g/mol. The van der Waals surface area contributed by atoms with Crippen LogP contribution in [0.25, 0.3) is 11.0 Å². The maximum Gasteiger partial charge on any atom is 0.235 e. The largest absolute Gasteiger partial charge is 0.342 e. The zero-order valence-electron chi connectivity index (χ0n) is 11.8. The van der Waals surface area contributed by atoms with Crippen LogP contribution in [0.4, 0.5) is 0 Å². The van der Waals surface area contributed by atoms with Gasteiger partial charge in [0.1, 0.15) is 0 Å². The first-order valence-electron chi connectivity index (χ1n) is 7.05. The van der Waals surface area contributed by atoms with Crippen LogP contribution < -0.4 is 0 Å². The fourth-order valence-corrected chi connectivity index (χ4v) is 3.47. The van der Waals surface area contributed by atoms with Crippen molar-refractivity contribution >= 4 is 28.7 Å². The third-order valence-corrected chi connectivity index (χ3v) is 4.64. The molecule has 5 heteroatoms. The van der Waals surface area contributed by atoms with E-state index in [1.54, 1.807) is 0 Å². The minimum atomic E-state index is -0.0882. The maximum atomic E-state index is 12.3. The molecule has 0 radical (unpaired) electrons. The second kappa shape index (κ2) is 5.48. The molecule has 1 aliphatic rings. The molecule has 20 heavy (non-hydrogen) atoms. The van der Waals surface area contributed by atoms with Gasteiger partial charge in [-0.25, -0.2) is 4.98 Å². The molecule has 2 aromatic rings. The SMILES string of the molecule is Cc1ccc2nc(S[C@@H](C)C(=O)N3CCCC3)[nH]c2c1. The van der Waals surface area contributed by atoms with Crippen molar-refractivity contribution in [1.82, 2.24) is 14.9 Å². The Labute approximate surface area is 123 Å². The molecule has 0 spiro atoms. The van der Waals surface area contributed by atoms with Gasteiger partial charge in [0.15, 0.2) is 5.16 Å². The first-order chi connectivity index (χ1) is 9.63. The van der Waals surface area contributed by atoms with Crippen molar-refractivity contribution in [2.75, 3.05) is 13.1 Å². The van der Waals surface area contributed by atoms with Crippen LogP contribution in [0.5, 0.6) is 0 Å². The Balaban J connectivity index is 1.73. The van der Waals surface area contributed by atoms with E-state index in [-0.39, 0.29) is 11.2 Å². The molecular formula is C15H19N3OS. The minimum Gasteiger partial charge on any atom is -0.342 e. The van der Waals surface area contributed by atoms with Gasteiger partial charge in [0, 0.05) is 13.1 Å². The fourth-order valence-electron chi connectivity index (χ4n) is 2.57. The molecule has 4 nitrogen and oxygen atoms in total. The quantitative estimate of drug-likeness (QED) is 0.884. The van der Waals surface area contributed by atoms with Gasteiger partial charge in [0.25, 0.3) is 0 Å². The van der Waals surface area contributed by atoms with Gasteiger partial charge in [0.05, 0.1) is 16.3 Å². The summed E-state index contributed by atoms with van der Waals surface area (Å²) < 4.78 is 0. The number of hydrogen-bond acceptors (Lipinski definition) is 3. The van der Waals surface area contributed by atoms with E-state index in [9.17, 15) is 4.79 Å². The van der Waals surface area contributed by atoms with Crippen LogP contribution >= 0.6 is 11.8 Å². The Kier molecular flexibility index (Phi) is 3.70. The number of rotatable bonds is 3. The number of amides is 1. The lowest BCUT2D eigenvalue weighted by Gasteiger charge is -2.19. The monoisotopic (exact) mass is 289 g/mol. The van der Waals surface area contributed by atoms with Gasteiger partial charge in [0.2, 0.25) is 5.91 Å². The van der Waals surface area contributed by atoms with E-state index in [0.29, 0.717) is 0 Å². The van der Waals surface area contributed by atoms with Gasteiger partial charge in [-0.15, -0.1) is 0 Å². The number of carbonyl (C=O) groups is 1. The van der Waals surface area contributed by atoms with Crippen LogP contribution in [0, 0.1) is 6.92 Å². The number of benzene rings is 1. The van der Waals surface area contributed by atoms with Crippen LogP contribution in [0.2, 0.25) is 0 Å². The summed E-state index contributed by atoms with van der Waals surface area (Å²) in [4.78, 5) is 22.1. The Bertz CT molecular complexity index is 631. The molecule has 0 unspecified atom stereocenters. The molecule has 1 aromatic carbocycles. The molecule has 0 aliphatic carbocycles. The molecule has 106 valence electrons. The molecule has 2 heterocycles. The van der Waals surface area contributed by atoms with E-state index in [0.717, 1.165) is 42.1 Å². The van der Waals surface area contributed by atoms with Gasteiger partial charge in [-0.3, -0.25) is 4.79 Å². The van der Waals surface area contributed by atoms with Crippen molar-refractivity contribution in [2.45, 2.75) is 37.1 Å². The van der Waals surface area contributed by atoms with E-state index in [1.165, 1.54) is 17.3 Å². The van der Waals surface area contributed by atoms with Crippen molar-refractivity contribution < 1.29 is 4.79 Å². The predicted octanol–water partition coefficient (Wildman–Crippen LogP) is 2.97. The Morgan fingerprint density at radius 1 is 1.40 bits per heavy atom. The molecule has 0 saturated carbocycles. The highest BCUT2D eigenvalue weighted by molar-refractivity contribution is 8.00. The molecule has 1 N–H and O–H groups in total. The number of fused-ring (bicyclic) bond motifs is 1. The normalized spacial score (nSPS) is 16.8. The molecule has 1 aliphatic heterocycles. The third-order valence-electron chi connectivity index (χ3n) is 3.67. The van der Waals surface area contributed by atoms with E-state index < -0.39 is 0 Å². The zero-order valence-corrected chi connectivity index (χ0v) is 12.7. The second-order valence-corrected chi connectivity index (χ2v) is 6.68. The first kappa shape index (κ1) is 13.5. The topological polar surface area (TPSA) is 49.0 Å². The number of aryl methyl sites for hydroxylation is 1. The van der Waals surface area contributed by atoms with Gasteiger partial charge in [-0.2, -0.15) is 0 Å². The summed E-state index contributed by atoms with van der Waals surface area (Å²) in [5, 5.41) is 0.736. The molecule has 3 rings (SSSR count). The lowest BCUT2D eigenvalue weighted by molar-refractivity contribution is -0.129. The molecule has 1 fully saturated rings. The van der Waals surface area contributed by atoms with Crippen molar-refractivity contribution in [3.8, 4) is 0 Å². The summed E-state index contributed by atoms with van der Waals surface area (Å²) in [5.74, 6) is 0.226. The summed E-state index contributed by atoms with van der Waals surface area (Å²) in [6.45, 7) is 5.84. The van der Waals surface area contributed by atoms with E-state index >= 15 is 0 Å². The van der Waals surface area contributed by atoms with Crippen molar-refractivity contribution in [3.05, 3.63) is 23.8 Å². The molecule has 1 saturated heterocycles. The zero-order chi connectivity index (χ0) is 14.1. The van der Waals surface area contributed by atoms with Crippen LogP contribution in [0.3, 0.4) is 0 Å².